The summed E-state index contributed by atoms with van der Waals surface area (Å²) in [5.41, 5.74) is 2.41. The lowest BCUT2D eigenvalue weighted by atomic mass is 9.79. The summed E-state index contributed by atoms with van der Waals surface area (Å²) in [5, 5.41) is 18.0. The van der Waals surface area contributed by atoms with Gasteiger partial charge in [0.05, 0.1) is 17.9 Å². The monoisotopic (exact) mass is 432 g/mol. The molecule has 0 saturated carbocycles. The third-order valence-corrected chi connectivity index (χ3v) is 8.13. The minimum Gasteiger partial charge on any atom is -0.396 e. The number of hydrogen-bond donors (Lipinski definition) is 1. The molecule has 1 N–H and O–H groups in total. The highest BCUT2D eigenvalue weighted by atomic mass is 32.1. The van der Waals surface area contributed by atoms with E-state index in [1.807, 2.05) is 16.0 Å². The minimum absolute atomic E-state index is 0.0123. The maximum Gasteiger partial charge on any atom is 0.0969 e. The highest BCUT2D eigenvalue weighted by Gasteiger charge is 2.44. The number of piperidine rings is 1. The Hall–Kier alpha value is -1.28. The molecule has 2 aromatic rings. The van der Waals surface area contributed by atoms with Crippen molar-refractivity contribution >= 4 is 11.3 Å². The fourth-order valence-electron chi connectivity index (χ4n) is 5.03. The molecule has 7 heteroatoms. The summed E-state index contributed by atoms with van der Waals surface area (Å²) in [6.07, 6.45) is 7.09. The van der Waals surface area contributed by atoms with E-state index in [9.17, 15) is 5.11 Å². The second kappa shape index (κ2) is 8.69. The van der Waals surface area contributed by atoms with E-state index in [2.05, 4.69) is 55.2 Å². The quantitative estimate of drug-likeness (QED) is 0.722. The number of likely N-dealkylation sites (tertiary alicyclic amines) is 1. The van der Waals surface area contributed by atoms with E-state index in [-0.39, 0.29) is 17.6 Å². The molecule has 0 bridgehead atoms. The Morgan fingerprint density at radius 1 is 1.40 bits per heavy atom. The van der Waals surface area contributed by atoms with Crippen molar-refractivity contribution in [1.29, 1.82) is 0 Å². The molecule has 0 unspecified atom stereocenters. The summed E-state index contributed by atoms with van der Waals surface area (Å²) in [5.74, 6) is 0. The summed E-state index contributed by atoms with van der Waals surface area (Å²) < 4.78 is 8.39. The molecule has 2 aliphatic rings. The van der Waals surface area contributed by atoms with Gasteiger partial charge in [-0.15, -0.1) is 16.4 Å². The van der Waals surface area contributed by atoms with Crippen molar-refractivity contribution in [3.8, 4) is 0 Å². The Morgan fingerprint density at radius 2 is 2.23 bits per heavy atom. The molecule has 2 aliphatic heterocycles. The topological polar surface area (TPSA) is 63.4 Å². The Labute approximate surface area is 184 Å². The minimum atomic E-state index is -0.0979. The molecule has 4 rings (SSSR count). The predicted octanol–water partition coefficient (Wildman–Crippen LogP) is 3.76. The molecule has 30 heavy (non-hydrogen) atoms. The number of nitrogens with zero attached hydrogens (tertiary/aromatic N) is 4. The van der Waals surface area contributed by atoms with Gasteiger partial charge in [0, 0.05) is 54.7 Å². The Kier molecular flexibility index (Phi) is 6.35. The fourth-order valence-corrected chi connectivity index (χ4v) is 6.20. The highest BCUT2D eigenvalue weighted by molar-refractivity contribution is 7.12. The maximum absolute atomic E-state index is 9.25. The van der Waals surface area contributed by atoms with Gasteiger partial charge in [-0.3, -0.25) is 9.58 Å². The first-order valence-corrected chi connectivity index (χ1v) is 12.2. The number of ether oxygens (including phenoxy) is 1. The molecule has 4 heterocycles. The lowest BCUT2D eigenvalue weighted by molar-refractivity contribution is -0.112. The maximum atomic E-state index is 9.25. The lowest BCUT2D eigenvalue weighted by Crippen LogP contribution is -2.50. The second-order valence-electron chi connectivity index (χ2n) is 9.81. The van der Waals surface area contributed by atoms with E-state index in [1.165, 1.54) is 10.4 Å². The van der Waals surface area contributed by atoms with E-state index in [0.29, 0.717) is 6.04 Å². The Morgan fingerprint density at radius 3 is 2.97 bits per heavy atom. The van der Waals surface area contributed by atoms with Crippen molar-refractivity contribution in [2.24, 2.45) is 5.41 Å². The third-order valence-electron chi connectivity index (χ3n) is 6.79. The van der Waals surface area contributed by atoms with Crippen LogP contribution in [0.3, 0.4) is 0 Å². The van der Waals surface area contributed by atoms with Gasteiger partial charge < -0.3 is 9.84 Å². The van der Waals surface area contributed by atoms with Gasteiger partial charge in [0.1, 0.15) is 0 Å². The molecule has 1 saturated heterocycles. The van der Waals surface area contributed by atoms with Crippen LogP contribution in [-0.2, 0) is 36.3 Å². The molecular weight excluding hydrogens is 396 g/mol. The molecule has 6 nitrogen and oxygen atoms in total. The molecule has 166 valence electrons. The average Bonchev–Trinajstić information content (AvgIpc) is 3.31. The van der Waals surface area contributed by atoms with Crippen LogP contribution in [0.2, 0.25) is 0 Å². The second-order valence-corrected chi connectivity index (χ2v) is 11.0. The fraction of sp³-hybridized carbons (Fsp3) is 0.739. The van der Waals surface area contributed by atoms with E-state index in [4.69, 9.17) is 4.74 Å². The van der Waals surface area contributed by atoms with Gasteiger partial charge in [0.15, 0.2) is 0 Å². The molecular formula is C23H36N4O2S. The van der Waals surface area contributed by atoms with Crippen LogP contribution in [-0.4, -0.2) is 50.8 Å². The number of aryl methyl sites for hydroxylation is 1. The van der Waals surface area contributed by atoms with Crippen molar-refractivity contribution in [2.75, 3.05) is 19.8 Å². The first-order chi connectivity index (χ1) is 14.3. The molecule has 0 aliphatic carbocycles. The summed E-state index contributed by atoms with van der Waals surface area (Å²) in [7, 11) is 0. The van der Waals surface area contributed by atoms with Crippen molar-refractivity contribution in [3.63, 3.8) is 0 Å². The zero-order chi connectivity index (χ0) is 21.4. The van der Waals surface area contributed by atoms with Crippen molar-refractivity contribution in [1.82, 2.24) is 19.9 Å². The number of fused-ring (bicyclic) bond motifs is 2. The van der Waals surface area contributed by atoms with Gasteiger partial charge in [-0.05, 0) is 49.7 Å². The number of thiophene rings is 1. The SMILES string of the molecule is CCc1cc2c(s1)CCO[C@@]21CCN(Cc2cn(CC(C)(C)CCO)nn2)[C@@H](C)C1. The van der Waals surface area contributed by atoms with E-state index >= 15 is 0 Å². The van der Waals surface area contributed by atoms with E-state index < -0.39 is 0 Å². The largest absolute Gasteiger partial charge is 0.396 e. The van der Waals surface area contributed by atoms with Gasteiger partial charge in [-0.2, -0.15) is 0 Å². The van der Waals surface area contributed by atoms with Gasteiger partial charge in [0.2, 0.25) is 0 Å². The Balaban J connectivity index is 1.41. The van der Waals surface area contributed by atoms with Crippen LogP contribution in [0, 0.1) is 5.41 Å². The third kappa shape index (κ3) is 4.49. The smallest absolute Gasteiger partial charge is 0.0969 e. The normalized spacial score (nSPS) is 25.0. The van der Waals surface area contributed by atoms with Gasteiger partial charge >= 0.3 is 0 Å². The highest BCUT2D eigenvalue weighted by Crippen LogP contribution is 2.46. The van der Waals surface area contributed by atoms with Crippen LogP contribution in [0.1, 0.15) is 68.0 Å². The lowest BCUT2D eigenvalue weighted by Gasteiger charge is -2.47. The van der Waals surface area contributed by atoms with Crippen molar-refractivity contribution < 1.29 is 9.84 Å². The summed E-state index contributed by atoms with van der Waals surface area (Å²) >= 11 is 1.99. The summed E-state index contributed by atoms with van der Waals surface area (Å²) in [4.78, 5) is 5.55. The van der Waals surface area contributed by atoms with Crippen LogP contribution in [0.4, 0.5) is 0 Å². The van der Waals surface area contributed by atoms with Crippen molar-refractivity contribution in [2.45, 2.75) is 84.5 Å². The number of aliphatic hydroxyl groups excluding tert-OH is 1. The molecule has 0 aromatic carbocycles. The average molecular weight is 433 g/mol. The number of aliphatic hydroxyl groups is 1. The number of hydrogen-bond acceptors (Lipinski definition) is 6. The standard InChI is InChI=1S/C23H36N4O2S/c1-5-19-12-20-21(30-19)6-11-29-23(20)7-9-26(17(2)13-23)14-18-15-27(25-24-18)16-22(3,4)8-10-28/h12,15,17,28H,5-11,13-14,16H2,1-4H3/t17-,23+/m0/s1. The molecule has 1 spiro atoms. The Bertz CT molecular complexity index is 861. The zero-order valence-corrected chi connectivity index (χ0v) is 19.7. The summed E-state index contributed by atoms with van der Waals surface area (Å²) in [6.45, 7) is 12.5. The summed E-state index contributed by atoms with van der Waals surface area (Å²) in [6, 6.07) is 2.85. The molecule has 0 radical (unpaired) electrons. The molecule has 1 fully saturated rings. The zero-order valence-electron chi connectivity index (χ0n) is 18.9. The molecule has 2 atom stereocenters. The van der Waals surface area contributed by atoms with Gasteiger partial charge in [-0.25, -0.2) is 0 Å². The van der Waals surface area contributed by atoms with Crippen LogP contribution < -0.4 is 0 Å². The number of rotatable bonds is 7. The van der Waals surface area contributed by atoms with Crippen molar-refractivity contribution in [3.05, 3.63) is 33.3 Å². The first kappa shape index (κ1) is 21.9. The van der Waals surface area contributed by atoms with E-state index in [1.54, 1.807) is 4.88 Å². The van der Waals surface area contributed by atoms with Gasteiger partial charge in [0.25, 0.3) is 0 Å². The van der Waals surface area contributed by atoms with E-state index in [0.717, 1.165) is 64.0 Å². The molecule has 2 aromatic heterocycles. The number of aromatic nitrogens is 3. The van der Waals surface area contributed by atoms with Gasteiger partial charge in [-0.1, -0.05) is 26.0 Å². The first-order valence-electron chi connectivity index (χ1n) is 11.3. The molecule has 0 amide bonds. The van der Waals surface area contributed by atoms with Crippen LogP contribution >= 0.6 is 11.3 Å². The van der Waals surface area contributed by atoms with Crippen LogP contribution in [0.15, 0.2) is 12.3 Å². The van der Waals surface area contributed by atoms with Crippen LogP contribution in [0.5, 0.6) is 0 Å². The van der Waals surface area contributed by atoms with Crippen LogP contribution in [0.25, 0.3) is 0 Å². The predicted molar refractivity (Wildman–Crippen MR) is 120 cm³/mol.